The first-order valence-electron chi connectivity index (χ1n) is 5.17. The Bertz CT molecular complexity index is 379. The Morgan fingerprint density at radius 3 is 2.62 bits per heavy atom. The molecule has 1 aliphatic rings. The van der Waals surface area contributed by atoms with Gasteiger partial charge in [0.15, 0.2) is 0 Å². The smallest absolute Gasteiger partial charge is 0.281 e. The molecule has 0 radical (unpaired) electrons. The Hall–Kier alpha value is -0.680. The molecule has 1 rings (SSSR count). The molecule has 0 aromatic heterocycles. The van der Waals surface area contributed by atoms with Crippen molar-refractivity contribution >= 4 is 10.2 Å². The quantitative estimate of drug-likeness (QED) is 0.682. The Morgan fingerprint density at radius 1 is 1.50 bits per heavy atom. The van der Waals surface area contributed by atoms with Crippen molar-refractivity contribution in [1.82, 2.24) is 14.3 Å². The van der Waals surface area contributed by atoms with E-state index < -0.39 is 21.8 Å². The van der Waals surface area contributed by atoms with E-state index in [0.29, 0.717) is 19.6 Å². The van der Waals surface area contributed by atoms with Gasteiger partial charge in [-0.15, -0.1) is 0 Å². The van der Waals surface area contributed by atoms with Crippen LogP contribution in [0.25, 0.3) is 0 Å². The Labute approximate surface area is 96.8 Å². The highest BCUT2D eigenvalue weighted by Crippen LogP contribution is 2.11. The number of hydrogen-bond donors (Lipinski definition) is 2. The second kappa shape index (κ2) is 4.67. The van der Waals surface area contributed by atoms with Crippen molar-refractivity contribution in [2.24, 2.45) is 0 Å². The SMILES string of the molecule is CC(C)(C)NS(=O)(=O)N1CCNCC1C#N. The predicted molar refractivity (Wildman–Crippen MR) is 60.8 cm³/mol. The molecule has 0 spiro atoms. The lowest BCUT2D eigenvalue weighted by Crippen LogP contribution is -2.58. The molecule has 0 saturated carbocycles. The summed E-state index contributed by atoms with van der Waals surface area (Å²) in [5.74, 6) is 0. The lowest BCUT2D eigenvalue weighted by Gasteiger charge is -2.33. The van der Waals surface area contributed by atoms with E-state index in [9.17, 15) is 8.42 Å². The van der Waals surface area contributed by atoms with Gasteiger partial charge in [-0.2, -0.15) is 22.7 Å². The van der Waals surface area contributed by atoms with E-state index in [0.717, 1.165) is 0 Å². The number of nitriles is 1. The summed E-state index contributed by atoms with van der Waals surface area (Å²) in [6.07, 6.45) is 0. The zero-order valence-electron chi connectivity index (χ0n) is 9.82. The van der Waals surface area contributed by atoms with Gasteiger partial charge < -0.3 is 5.32 Å². The Balaban J connectivity index is 2.86. The van der Waals surface area contributed by atoms with Crippen molar-refractivity contribution in [2.45, 2.75) is 32.4 Å². The molecule has 1 aliphatic heterocycles. The van der Waals surface area contributed by atoms with Crippen molar-refractivity contribution < 1.29 is 8.42 Å². The normalized spacial score (nSPS) is 24.0. The first kappa shape index (κ1) is 13.4. The first-order valence-corrected chi connectivity index (χ1v) is 6.61. The van der Waals surface area contributed by atoms with E-state index in [1.807, 2.05) is 6.07 Å². The third-order valence-corrected chi connectivity index (χ3v) is 4.01. The molecule has 0 bridgehead atoms. The molecule has 2 N–H and O–H groups in total. The first-order chi connectivity index (χ1) is 7.26. The van der Waals surface area contributed by atoms with Gasteiger partial charge in [0, 0.05) is 25.2 Å². The average molecular weight is 246 g/mol. The number of piperazine rings is 1. The Kier molecular flexibility index (Phi) is 3.91. The van der Waals surface area contributed by atoms with E-state index >= 15 is 0 Å². The summed E-state index contributed by atoms with van der Waals surface area (Å²) in [4.78, 5) is 0. The fraction of sp³-hybridized carbons (Fsp3) is 0.889. The van der Waals surface area contributed by atoms with Gasteiger partial charge in [0.05, 0.1) is 6.07 Å². The third-order valence-electron chi connectivity index (χ3n) is 2.09. The van der Waals surface area contributed by atoms with Gasteiger partial charge >= 0.3 is 0 Å². The molecule has 6 nitrogen and oxygen atoms in total. The fourth-order valence-electron chi connectivity index (χ4n) is 1.53. The minimum absolute atomic E-state index is 0.323. The number of hydrogen-bond acceptors (Lipinski definition) is 4. The van der Waals surface area contributed by atoms with E-state index in [-0.39, 0.29) is 0 Å². The van der Waals surface area contributed by atoms with Crippen molar-refractivity contribution in [3.8, 4) is 6.07 Å². The van der Waals surface area contributed by atoms with Crippen molar-refractivity contribution in [1.29, 1.82) is 5.26 Å². The van der Waals surface area contributed by atoms with Gasteiger partial charge in [0.2, 0.25) is 0 Å². The van der Waals surface area contributed by atoms with Gasteiger partial charge in [-0.05, 0) is 20.8 Å². The predicted octanol–water partition coefficient (Wildman–Crippen LogP) is -0.583. The van der Waals surface area contributed by atoms with Crippen LogP contribution in [-0.4, -0.2) is 43.9 Å². The summed E-state index contributed by atoms with van der Waals surface area (Å²) in [5.41, 5.74) is -0.538. The van der Waals surface area contributed by atoms with Crippen molar-refractivity contribution in [3.05, 3.63) is 0 Å². The molecule has 1 fully saturated rings. The lowest BCUT2D eigenvalue weighted by atomic mass is 10.1. The van der Waals surface area contributed by atoms with Crippen LogP contribution in [0, 0.1) is 11.3 Å². The van der Waals surface area contributed by atoms with Gasteiger partial charge in [0.1, 0.15) is 6.04 Å². The van der Waals surface area contributed by atoms with E-state index in [1.54, 1.807) is 20.8 Å². The lowest BCUT2D eigenvalue weighted by molar-refractivity contribution is 0.301. The molecule has 1 unspecified atom stereocenters. The van der Waals surface area contributed by atoms with Crippen LogP contribution in [-0.2, 0) is 10.2 Å². The minimum Gasteiger partial charge on any atom is -0.313 e. The van der Waals surface area contributed by atoms with Gasteiger partial charge in [-0.1, -0.05) is 0 Å². The van der Waals surface area contributed by atoms with Gasteiger partial charge in [0.25, 0.3) is 10.2 Å². The second-order valence-corrected chi connectivity index (χ2v) is 6.44. The molecule has 1 heterocycles. The Morgan fingerprint density at radius 2 is 2.12 bits per heavy atom. The zero-order valence-corrected chi connectivity index (χ0v) is 10.6. The highest BCUT2D eigenvalue weighted by atomic mass is 32.2. The number of rotatable bonds is 2. The second-order valence-electron chi connectivity index (χ2n) is 4.82. The van der Waals surface area contributed by atoms with Crippen molar-refractivity contribution in [3.63, 3.8) is 0 Å². The van der Waals surface area contributed by atoms with E-state index in [4.69, 9.17) is 5.26 Å². The van der Waals surface area contributed by atoms with Crippen LogP contribution in [0.1, 0.15) is 20.8 Å². The van der Waals surface area contributed by atoms with E-state index in [1.165, 1.54) is 4.31 Å². The van der Waals surface area contributed by atoms with Crippen LogP contribution < -0.4 is 10.0 Å². The van der Waals surface area contributed by atoms with Crippen LogP contribution in [0.4, 0.5) is 0 Å². The maximum atomic E-state index is 12.0. The van der Waals surface area contributed by atoms with E-state index in [2.05, 4.69) is 10.0 Å². The van der Waals surface area contributed by atoms with Gasteiger partial charge in [-0.25, -0.2) is 0 Å². The largest absolute Gasteiger partial charge is 0.313 e. The summed E-state index contributed by atoms with van der Waals surface area (Å²) in [7, 11) is -3.58. The van der Waals surface area contributed by atoms with Crippen LogP contribution in [0.15, 0.2) is 0 Å². The highest BCUT2D eigenvalue weighted by Gasteiger charge is 2.34. The maximum absolute atomic E-state index is 12.0. The molecule has 16 heavy (non-hydrogen) atoms. The van der Waals surface area contributed by atoms with Crippen LogP contribution in [0.5, 0.6) is 0 Å². The average Bonchev–Trinajstić information content (AvgIpc) is 2.14. The molecule has 1 atom stereocenters. The molecule has 0 aromatic rings. The summed E-state index contributed by atoms with van der Waals surface area (Å²) >= 11 is 0. The topological polar surface area (TPSA) is 85.2 Å². The summed E-state index contributed by atoms with van der Waals surface area (Å²) in [5, 5.41) is 11.9. The zero-order chi connectivity index (χ0) is 12.4. The van der Waals surface area contributed by atoms with Gasteiger partial charge in [-0.3, -0.25) is 0 Å². The molecule has 0 aromatic carbocycles. The number of nitrogens with zero attached hydrogens (tertiary/aromatic N) is 2. The van der Waals surface area contributed by atoms with Crippen LogP contribution in [0.3, 0.4) is 0 Å². The highest BCUT2D eigenvalue weighted by molar-refractivity contribution is 7.87. The molecule has 92 valence electrons. The molecule has 1 saturated heterocycles. The summed E-state index contributed by atoms with van der Waals surface area (Å²) in [6.45, 7) is 6.59. The fourth-order valence-corrected chi connectivity index (χ4v) is 3.21. The number of nitrogens with one attached hydrogen (secondary N) is 2. The standard InChI is InChI=1S/C9H18N4O2S/c1-9(2,3)12-16(14,15)13-5-4-11-7-8(13)6-10/h8,11-12H,4-5,7H2,1-3H3. The van der Waals surface area contributed by atoms with Crippen LogP contribution in [0.2, 0.25) is 0 Å². The van der Waals surface area contributed by atoms with Crippen molar-refractivity contribution in [2.75, 3.05) is 19.6 Å². The summed E-state index contributed by atoms with van der Waals surface area (Å²) in [6, 6.07) is 1.36. The molecular weight excluding hydrogens is 228 g/mol. The van der Waals surface area contributed by atoms with Crippen LogP contribution >= 0.6 is 0 Å². The summed E-state index contributed by atoms with van der Waals surface area (Å²) < 4.78 is 27.8. The molecule has 7 heteroatoms. The monoisotopic (exact) mass is 246 g/mol. The molecule has 0 aliphatic carbocycles. The minimum atomic E-state index is -3.58. The molecular formula is C9H18N4O2S. The third kappa shape index (κ3) is 3.42. The molecule has 0 amide bonds. The maximum Gasteiger partial charge on any atom is 0.281 e.